The molecule has 5 heteroatoms. The van der Waals surface area contributed by atoms with Crippen LogP contribution in [0.5, 0.6) is 0 Å². The van der Waals surface area contributed by atoms with Crippen LogP contribution < -0.4 is 10.6 Å². The second kappa shape index (κ2) is 5.89. The fraction of sp³-hybridized carbons (Fsp3) is 0.833. The molecule has 0 aromatic rings. The van der Waals surface area contributed by atoms with Crippen LogP contribution in [0.1, 0.15) is 39.5 Å². The molecular formula is C12H22N2O3. The van der Waals surface area contributed by atoms with Crippen LogP contribution in [0.25, 0.3) is 0 Å². The van der Waals surface area contributed by atoms with Crippen LogP contribution >= 0.6 is 0 Å². The van der Waals surface area contributed by atoms with E-state index in [1.807, 2.05) is 0 Å². The lowest BCUT2D eigenvalue weighted by Gasteiger charge is -2.19. The van der Waals surface area contributed by atoms with Gasteiger partial charge >= 0.3 is 12.0 Å². The molecule has 5 nitrogen and oxygen atoms in total. The molecule has 1 aliphatic rings. The van der Waals surface area contributed by atoms with Gasteiger partial charge in [-0.25, -0.2) is 4.79 Å². The summed E-state index contributed by atoms with van der Waals surface area (Å²) in [4.78, 5) is 22.2. The van der Waals surface area contributed by atoms with Crippen LogP contribution in [-0.2, 0) is 4.79 Å². The third kappa shape index (κ3) is 5.56. The maximum Gasteiger partial charge on any atom is 0.314 e. The van der Waals surface area contributed by atoms with Gasteiger partial charge in [-0.1, -0.05) is 12.8 Å². The first-order valence-electron chi connectivity index (χ1n) is 6.17. The highest BCUT2D eigenvalue weighted by Gasteiger charge is 2.27. The van der Waals surface area contributed by atoms with Gasteiger partial charge in [-0.2, -0.15) is 0 Å². The van der Waals surface area contributed by atoms with Gasteiger partial charge in [-0.15, -0.1) is 0 Å². The number of carbonyl (C=O) groups is 2. The molecule has 17 heavy (non-hydrogen) atoms. The molecule has 0 aliphatic heterocycles. The summed E-state index contributed by atoms with van der Waals surface area (Å²) in [6.45, 7) is 3.97. The lowest BCUT2D eigenvalue weighted by Crippen LogP contribution is -2.43. The fourth-order valence-corrected chi connectivity index (χ4v) is 1.44. The molecule has 98 valence electrons. The molecule has 1 aliphatic carbocycles. The van der Waals surface area contributed by atoms with E-state index in [9.17, 15) is 9.59 Å². The van der Waals surface area contributed by atoms with Gasteiger partial charge in [-0.05, 0) is 32.6 Å². The van der Waals surface area contributed by atoms with Crippen LogP contribution in [0.2, 0.25) is 0 Å². The Morgan fingerprint density at radius 2 is 1.94 bits per heavy atom. The number of aliphatic carboxylic acids is 1. The first-order valence-corrected chi connectivity index (χ1v) is 6.17. The number of carboxylic acids is 1. The first kappa shape index (κ1) is 13.8. The van der Waals surface area contributed by atoms with Gasteiger partial charge < -0.3 is 15.7 Å². The van der Waals surface area contributed by atoms with E-state index in [2.05, 4.69) is 10.6 Å². The van der Waals surface area contributed by atoms with Crippen molar-refractivity contribution in [2.75, 3.05) is 13.1 Å². The van der Waals surface area contributed by atoms with Gasteiger partial charge in [-0.3, -0.25) is 4.79 Å². The first-order chi connectivity index (χ1) is 7.92. The number of carbonyl (C=O) groups excluding carboxylic acids is 1. The summed E-state index contributed by atoms with van der Waals surface area (Å²) >= 11 is 0. The molecule has 0 spiro atoms. The Morgan fingerprint density at radius 1 is 1.29 bits per heavy atom. The van der Waals surface area contributed by atoms with Gasteiger partial charge in [0.1, 0.15) is 0 Å². The summed E-state index contributed by atoms with van der Waals surface area (Å²) in [7, 11) is 0. The Bertz CT molecular complexity index is 285. The Labute approximate surface area is 102 Å². The van der Waals surface area contributed by atoms with E-state index >= 15 is 0 Å². The van der Waals surface area contributed by atoms with Crippen molar-refractivity contribution >= 4 is 12.0 Å². The summed E-state index contributed by atoms with van der Waals surface area (Å²) in [6.07, 6.45) is 4.85. The number of urea groups is 1. The number of rotatable bonds is 7. The molecule has 1 fully saturated rings. The van der Waals surface area contributed by atoms with E-state index in [1.165, 1.54) is 19.3 Å². The third-order valence-corrected chi connectivity index (χ3v) is 3.04. The monoisotopic (exact) mass is 242 g/mol. The molecule has 0 aromatic heterocycles. The van der Waals surface area contributed by atoms with Crippen LogP contribution in [0.4, 0.5) is 4.79 Å². The lowest BCUT2D eigenvalue weighted by atomic mass is 9.94. The van der Waals surface area contributed by atoms with E-state index in [1.54, 1.807) is 13.8 Å². The topological polar surface area (TPSA) is 78.4 Å². The molecule has 3 N–H and O–H groups in total. The summed E-state index contributed by atoms with van der Waals surface area (Å²) in [5.74, 6) is -0.0302. The van der Waals surface area contributed by atoms with E-state index in [4.69, 9.17) is 5.11 Å². The molecule has 0 unspecified atom stereocenters. The Hall–Kier alpha value is -1.26. The molecular weight excluding hydrogens is 220 g/mol. The normalized spacial score (nSPS) is 15.4. The number of carboxylic acid groups (broad SMARTS) is 1. The predicted molar refractivity (Wildman–Crippen MR) is 64.8 cm³/mol. The maximum absolute atomic E-state index is 11.4. The molecule has 0 atom stereocenters. The highest BCUT2D eigenvalue weighted by atomic mass is 16.4. The number of nitrogens with one attached hydrogen (secondary N) is 2. The SMILES string of the molecule is CC(C)(CNC(=O)NCCCC1CC1)C(=O)O. The van der Waals surface area contributed by atoms with Crippen molar-refractivity contribution in [3.63, 3.8) is 0 Å². The van der Waals surface area contributed by atoms with Crippen molar-refractivity contribution < 1.29 is 14.7 Å². The molecule has 2 amide bonds. The van der Waals surface area contributed by atoms with Gasteiger partial charge in [0.05, 0.1) is 5.41 Å². The molecule has 0 heterocycles. The minimum absolute atomic E-state index is 0.136. The maximum atomic E-state index is 11.4. The molecule has 1 rings (SSSR count). The minimum atomic E-state index is -0.925. The van der Waals surface area contributed by atoms with Gasteiger partial charge in [0.25, 0.3) is 0 Å². The van der Waals surface area contributed by atoms with Gasteiger partial charge in [0.15, 0.2) is 0 Å². The van der Waals surface area contributed by atoms with Crippen molar-refractivity contribution in [1.29, 1.82) is 0 Å². The number of amides is 2. The van der Waals surface area contributed by atoms with Crippen molar-refractivity contribution in [3.8, 4) is 0 Å². The molecule has 0 aromatic carbocycles. The average Bonchev–Trinajstić information content (AvgIpc) is 3.05. The van der Waals surface area contributed by atoms with Crippen molar-refractivity contribution in [2.24, 2.45) is 11.3 Å². The Morgan fingerprint density at radius 3 is 2.47 bits per heavy atom. The minimum Gasteiger partial charge on any atom is -0.481 e. The van der Waals surface area contributed by atoms with Crippen molar-refractivity contribution in [1.82, 2.24) is 10.6 Å². The van der Waals surface area contributed by atoms with E-state index in [0.717, 1.165) is 12.3 Å². The van der Waals surface area contributed by atoms with Crippen LogP contribution in [0.3, 0.4) is 0 Å². The summed E-state index contributed by atoms with van der Waals surface area (Å²) in [6, 6.07) is -0.282. The molecule has 1 saturated carbocycles. The summed E-state index contributed by atoms with van der Waals surface area (Å²) in [5, 5.41) is 14.2. The zero-order valence-corrected chi connectivity index (χ0v) is 10.6. The summed E-state index contributed by atoms with van der Waals surface area (Å²) < 4.78 is 0. The van der Waals surface area contributed by atoms with Crippen molar-refractivity contribution in [3.05, 3.63) is 0 Å². The highest BCUT2D eigenvalue weighted by molar-refractivity contribution is 5.77. The van der Waals surface area contributed by atoms with Crippen LogP contribution in [0, 0.1) is 11.3 Å². The number of hydrogen-bond donors (Lipinski definition) is 3. The van der Waals surface area contributed by atoms with Crippen molar-refractivity contribution in [2.45, 2.75) is 39.5 Å². The van der Waals surface area contributed by atoms with Gasteiger partial charge in [0.2, 0.25) is 0 Å². The largest absolute Gasteiger partial charge is 0.481 e. The second-order valence-corrected chi connectivity index (χ2v) is 5.38. The lowest BCUT2D eigenvalue weighted by molar-refractivity contribution is -0.146. The van der Waals surface area contributed by atoms with E-state index in [0.29, 0.717) is 6.54 Å². The highest BCUT2D eigenvalue weighted by Crippen LogP contribution is 2.33. The Kier molecular flexibility index (Phi) is 4.78. The van der Waals surface area contributed by atoms with E-state index in [-0.39, 0.29) is 12.6 Å². The van der Waals surface area contributed by atoms with E-state index < -0.39 is 11.4 Å². The smallest absolute Gasteiger partial charge is 0.314 e. The van der Waals surface area contributed by atoms with Gasteiger partial charge in [0, 0.05) is 13.1 Å². The van der Waals surface area contributed by atoms with Crippen LogP contribution in [-0.4, -0.2) is 30.2 Å². The van der Waals surface area contributed by atoms with Crippen LogP contribution in [0.15, 0.2) is 0 Å². The quantitative estimate of drug-likeness (QED) is 0.593. The standard InChI is InChI=1S/C12H22N2O3/c1-12(2,10(15)16)8-14-11(17)13-7-3-4-9-5-6-9/h9H,3-8H2,1-2H3,(H,15,16)(H2,13,14,17). The second-order valence-electron chi connectivity index (χ2n) is 5.38. The molecule has 0 radical (unpaired) electrons. The predicted octanol–water partition coefficient (Wildman–Crippen LogP) is 1.59. The summed E-state index contributed by atoms with van der Waals surface area (Å²) in [5.41, 5.74) is -0.925. The molecule has 0 saturated heterocycles. The zero-order chi connectivity index (χ0) is 12.9. The third-order valence-electron chi connectivity index (χ3n) is 3.04. The number of hydrogen-bond acceptors (Lipinski definition) is 2. The molecule has 0 bridgehead atoms. The fourth-order valence-electron chi connectivity index (χ4n) is 1.44. The zero-order valence-electron chi connectivity index (χ0n) is 10.6. The Balaban J connectivity index is 2.05. The average molecular weight is 242 g/mol.